The molecule has 6 heteroatoms. The number of carbonyl (C=O) groups excluding carboxylic acids is 3. The van der Waals surface area contributed by atoms with Crippen LogP contribution in [-0.4, -0.2) is 52.4 Å². The highest BCUT2D eigenvalue weighted by atomic mass is 16.2. The minimum Gasteiger partial charge on any atom is -0.344 e. The van der Waals surface area contributed by atoms with Gasteiger partial charge < -0.3 is 4.90 Å². The maximum atomic E-state index is 12.7. The van der Waals surface area contributed by atoms with Crippen molar-refractivity contribution in [3.63, 3.8) is 0 Å². The van der Waals surface area contributed by atoms with Crippen LogP contribution in [0, 0.1) is 0 Å². The Bertz CT molecular complexity index is 1460. The van der Waals surface area contributed by atoms with Gasteiger partial charge in [-0.05, 0) is 38.0 Å². The highest BCUT2D eigenvalue weighted by molar-refractivity contribution is 6.05. The second-order valence-electron chi connectivity index (χ2n) is 12.4. The van der Waals surface area contributed by atoms with Gasteiger partial charge in [0.25, 0.3) is 0 Å². The highest BCUT2D eigenvalue weighted by Gasteiger charge is 2.44. The fourth-order valence-electron chi connectivity index (χ4n) is 6.71. The van der Waals surface area contributed by atoms with Crippen molar-refractivity contribution in [2.24, 2.45) is 0 Å². The van der Waals surface area contributed by atoms with Crippen LogP contribution in [0.3, 0.4) is 0 Å². The lowest BCUT2D eigenvalue weighted by Gasteiger charge is -2.27. The molecule has 3 aliphatic heterocycles. The number of hydrogen-bond donors (Lipinski definition) is 0. The first-order chi connectivity index (χ1) is 19.6. The lowest BCUT2D eigenvalue weighted by molar-refractivity contribution is -0.437. The third-order valence-electron chi connectivity index (χ3n) is 8.88. The Morgan fingerprint density at radius 1 is 0.902 bits per heavy atom. The summed E-state index contributed by atoms with van der Waals surface area (Å²) in [6.45, 7) is 12.9. The number of anilines is 1. The number of imide groups is 1. The molecule has 6 nitrogen and oxygen atoms in total. The van der Waals surface area contributed by atoms with Gasteiger partial charge in [-0.2, -0.15) is 4.58 Å². The molecule has 0 radical (unpaired) electrons. The van der Waals surface area contributed by atoms with Gasteiger partial charge in [-0.15, -0.1) is 0 Å². The van der Waals surface area contributed by atoms with Crippen molar-refractivity contribution in [3.8, 4) is 0 Å². The van der Waals surface area contributed by atoms with E-state index < -0.39 is 0 Å². The number of benzene rings is 2. The van der Waals surface area contributed by atoms with Gasteiger partial charge in [0.1, 0.15) is 6.54 Å². The molecular formula is C35H42N3O3+. The van der Waals surface area contributed by atoms with Crippen molar-refractivity contribution in [1.29, 1.82) is 0 Å². The summed E-state index contributed by atoms with van der Waals surface area (Å²) in [5, 5.41) is 0. The molecule has 0 N–H and O–H groups in total. The number of fused-ring (bicyclic) bond motifs is 2. The summed E-state index contributed by atoms with van der Waals surface area (Å²) in [5.74, 6) is -0.541. The van der Waals surface area contributed by atoms with Crippen LogP contribution >= 0.6 is 0 Å². The van der Waals surface area contributed by atoms with E-state index >= 15 is 0 Å². The van der Waals surface area contributed by atoms with Gasteiger partial charge in [0.15, 0.2) is 11.5 Å². The quantitative estimate of drug-likeness (QED) is 0.260. The third-order valence-corrected chi connectivity index (χ3v) is 8.88. The molecule has 5 rings (SSSR count). The minimum atomic E-state index is -0.237. The van der Waals surface area contributed by atoms with Gasteiger partial charge in [0.2, 0.25) is 17.5 Å². The second-order valence-corrected chi connectivity index (χ2v) is 12.4. The largest absolute Gasteiger partial charge is 0.344 e. The van der Waals surface area contributed by atoms with Gasteiger partial charge in [0.05, 0.1) is 12.0 Å². The number of nitrogens with zero attached hydrogens (tertiary/aromatic N) is 3. The summed E-state index contributed by atoms with van der Waals surface area (Å²) in [7, 11) is 0. The number of hydrogen-bond acceptors (Lipinski definition) is 4. The van der Waals surface area contributed by atoms with E-state index in [1.54, 1.807) is 0 Å². The first-order valence-corrected chi connectivity index (χ1v) is 14.9. The molecular weight excluding hydrogens is 510 g/mol. The first-order valence-electron chi connectivity index (χ1n) is 14.9. The molecule has 2 aromatic rings. The van der Waals surface area contributed by atoms with Gasteiger partial charge >= 0.3 is 0 Å². The molecule has 0 unspecified atom stereocenters. The molecule has 1 fully saturated rings. The number of ketones is 1. The van der Waals surface area contributed by atoms with Crippen molar-refractivity contribution in [3.05, 3.63) is 83.6 Å². The van der Waals surface area contributed by atoms with Crippen molar-refractivity contribution in [1.82, 2.24) is 4.90 Å². The average molecular weight is 553 g/mol. The van der Waals surface area contributed by atoms with E-state index in [1.165, 1.54) is 33.9 Å². The number of para-hydroxylation sites is 2. The Morgan fingerprint density at radius 3 is 2.27 bits per heavy atom. The maximum Gasteiger partial charge on any atom is 0.230 e. The zero-order valence-electron chi connectivity index (χ0n) is 25.1. The van der Waals surface area contributed by atoms with E-state index in [2.05, 4.69) is 111 Å². The molecule has 2 aromatic carbocycles. The number of allylic oxidation sites excluding steroid dienone is 4. The normalized spacial score (nSPS) is 20.1. The molecule has 0 bridgehead atoms. The number of carbonyl (C=O) groups is 3. The summed E-state index contributed by atoms with van der Waals surface area (Å²) >= 11 is 0. The van der Waals surface area contributed by atoms with Crippen molar-refractivity contribution in [2.75, 3.05) is 24.5 Å². The Kier molecular flexibility index (Phi) is 7.87. The number of Topliss-reactive ketones (excluding diaryl/α,β-unsaturated/α-hetero) is 1. The molecule has 3 aliphatic rings. The smallest absolute Gasteiger partial charge is 0.230 e. The lowest BCUT2D eigenvalue weighted by Crippen LogP contribution is -2.34. The molecule has 0 atom stereocenters. The fourth-order valence-corrected chi connectivity index (χ4v) is 6.71. The average Bonchev–Trinajstić information content (AvgIpc) is 3.45. The van der Waals surface area contributed by atoms with Crippen molar-refractivity contribution in [2.45, 2.75) is 77.6 Å². The van der Waals surface area contributed by atoms with Crippen LogP contribution in [0.1, 0.15) is 77.8 Å². The number of rotatable bonds is 10. The molecule has 0 saturated carbocycles. The third kappa shape index (κ3) is 5.20. The van der Waals surface area contributed by atoms with E-state index in [0.29, 0.717) is 19.4 Å². The molecule has 1 saturated heterocycles. The van der Waals surface area contributed by atoms with Crippen molar-refractivity contribution < 1.29 is 19.0 Å². The Labute approximate surface area is 244 Å². The Balaban J connectivity index is 1.38. The standard InChI is InChI=1S/C35H42N3O3/c1-6-22-36-28-16-9-7-14-26(28)34(2,3)30(36)18-11-19-31-35(4,5)27-15-8-10-17-29(27)37(31)23-12-13-25(39)24-38-32(40)20-21-33(38)41/h7-11,14-19H,6,12-13,20-24H2,1-5H3/q+1. The second kappa shape index (κ2) is 11.2. The molecule has 3 heterocycles. The van der Waals surface area contributed by atoms with Gasteiger partial charge in [0, 0.05) is 66.7 Å². The maximum absolute atomic E-state index is 12.7. The zero-order chi connectivity index (χ0) is 29.4. The minimum absolute atomic E-state index is 0.0683. The van der Waals surface area contributed by atoms with E-state index in [0.717, 1.165) is 17.9 Å². The number of likely N-dealkylation sites (tertiary alicyclic amines) is 1. The Hall–Kier alpha value is -3.80. The van der Waals surface area contributed by atoms with Crippen LogP contribution < -0.4 is 4.90 Å². The fraction of sp³-hybridized carbons (Fsp3) is 0.429. The lowest BCUT2D eigenvalue weighted by atomic mass is 9.81. The SMILES string of the molecule is CCC[N+]1=C(/C=C/C=C2/N(CCCC(=O)CN3C(=O)CCC3=O)c3ccccc3C2(C)C)C(C)(C)c2ccccc21. The monoisotopic (exact) mass is 552 g/mol. The van der Waals surface area contributed by atoms with E-state index in [1.807, 2.05) is 0 Å². The van der Waals surface area contributed by atoms with Crippen LogP contribution in [0.2, 0.25) is 0 Å². The summed E-state index contributed by atoms with van der Waals surface area (Å²) in [6, 6.07) is 17.2. The van der Waals surface area contributed by atoms with Crippen LogP contribution in [-0.2, 0) is 25.2 Å². The van der Waals surface area contributed by atoms with Crippen LogP contribution in [0.25, 0.3) is 0 Å². The van der Waals surface area contributed by atoms with Crippen LogP contribution in [0.15, 0.2) is 72.5 Å². The molecule has 0 spiro atoms. The summed E-state index contributed by atoms with van der Waals surface area (Å²) < 4.78 is 2.46. The summed E-state index contributed by atoms with van der Waals surface area (Å²) in [4.78, 5) is 40.0. The molecule has 2 amide bonds. The topological polar surface area (TPSA) is 60.7 Å². The molecule has 214 valence electrons. The van der Waals surface area contributed by atoms with E-state index in [4.69, 9.17) is 0 Å². The molecule has 0 aromatic heterocycles. The summed E-state index contributed by atoms with van der Waals surface area (Å²) in [6.07, 6.45) is 9.17. The van der Waals surface area contributed by atoms with Gasteiger partial charge in [-0.3, -0.25) is 19.3 Å². The van der Waals surface area contributed by atoms with E-state index in [9.17, 15) is 14.4 Å². The van der Waals surface area contributed by atoms with Gasteiger partial charge in [-0.25, -0.2) is 0 Å². The predicted octanol–water partition coefficient (Wildman–Crippen LogP) is 6.21. The summed E-state index contributed by atoms with van der Waals surface area (Å²) in [5.41, 5.74) is 7.31. The van der Waals surface area contributed by atoms with Gasteiger partial charge in [-0.1, -0.05) is 63.2 Å². The highest BCUT2D eigenvalue weighted by Crippen LogP contribution is 2.48. The zero-order valence-corrected chi connectivity index (χ0v) is 25.1. The van der Waals surface area contributed by atoms with Crippen LogP contribution in [0.4, 0.5) is 11.4 Å². The predicted molar refractivity (Wildman–Crippen MR) is 164 cm³/mol. The van der Waals surface area contributed by atoms with Crippen LogP contribution in [0.5, 0.6) is 0 Å². The Morgan fingerprint density at radius 2 is 1.56 bits per heavy atom. The first kappa shape index (κ1) is 28.7. The number of amides is 2. The molecule has 0 aliphatic carbocycles. The van der Waals surface area contributed by atoms with Crippen molar-refractivity contribution >= 4 is 34.7 Å². The van der Waals surface area contributed by atoms with E-state index in [-0.39, 0.29) is 47.8 Å². The molecule has 41 heavy (non-hydrogen) atoms.